The number of fused-ring (bicyclic) bond motifs is 1. The Morgan fingerprint density at radius 2 is 2.04 bits per heavy atom. The van der Waals surface area contributed by atoms with E-state index in [1.54, 1.807) is 23.1 Å². The Kier molecular flexibility index (Phi) is 4.24. The molecule has 0 saturated carbocycles. The molecule has 1 saturated heterocycles. The van der Waals surface area contributed by atoms with Gasteiger partial charge < -0.3 is 9.42 Å². The zero-order valence-electron chi connectivity index (χ0n) is 14.5. The molecular formula is C18H19N5O3. The summed E-state index contributed by atoms with van der Waals surface area (Å²) in [6, 6.07) is 7.13. The number of carbonyl (C=O) groups excluding carboxylic acids is 1. The van der Waals surface area contributed by atoms with Crippen LogP contribution in [-0.4, -0.2) is 43.6 Å². The van der Waals surface area contributed by atoms with Crippen LogP contribution >= 0.6 is 0 Å². The predicted octanol–water partition coefficient (Wildman–Crippen LogP) is 1.70. The number of amides is 1. The summed E-state index contributed by atoms with van der Waals surface area (Å²) >= 11 is 0. The zero-order valence-corrected chi connectivity index (χ0v) is 14.5. The molecule has 4 rings (SSSR count). The molecule has 8 heteroatoms. The number of nitrogens with zero attached hydrogens (tertiary/aromatic N) is 5. The van der Waals surface area contributed by atoms with Gasteiger partial charge in [-0.2, -0.15) is 4.98 Å². The number of rotatable bonds is 3. The first-order valence-electron chi connectivity index (χ1n) is 8.68. The zero-order chi connectivity index (χ0) is 18.1. The van der Waals surface area contributed by atoms with Crippen molar-refractivity contribution in [3.05, 3.63) is 52.7 Å². The Morgan fingerprint density at radius 1 is 1.27 bits per heavy atom. The lowest BCUT2D eigenvalue weighted by Crippen LogP contribution is -2.38. The minimum atomic E-state index is -0.250. The lowest BCUT2D eigenvalue weighted by atomic mass is 9.99. The Hall–Kier alpha value is -3.03. The summed E-state index contributed by atoms with van der Waals surface area (Å²) in [6.07, 6.45) is 3.41. The second kappa shape index (κ2) is 6.70. The van der Waals surface area contributed by atoms with E-state index in [1.807, 2.05) is 6.07 Å². The number of benzene rings is 1. The highest BCUT2D eigenvalue weighted by atomic mass is 16.5. The molecule has 1 aliphatic rings. The molecule has 8 nitrogen and oxygen atoms in total. The Morgan fingerprint density at radius 3 is 2.85 bits per heavy atom. The lowest BCUT2D eigenvalue weighted by Gasteiger charge is -2.28. The van der Waals surface area contributed by atoms with Gasteiger partial charge in [0.15, 0.2) is 5.82 Å². The second-order valence-corrected chi connectivity index (χ2v) is 6.69. The van der Waals surface area contributed by atoms with Crippen molar-refractivity contribution in [1.29, 1.82) is 0 Å². The van der Waals surface area contributed by atoms with Gasteiger partial charge in [-0.3, -0.25) is 14.2 Å². The van der Waals surface area contributed by atoms with Gasteiger partial charge in [-0.05, 0) is 30.9 Å². The van der Waals surface area contributed by atoms with Crippen molar-refractivity contribution in [2.24, 2.45) is 5.92 Å². The number of hydrogen-bond donors (Lipinski definition) is 0. The van der Waals surface area contributed by atoms with Crippen molar-refractivity contribution in [3.63, 3.8) is 0 Å². The molecular weight excluding hydrogens is 334 g/mol. The predicted molar refractivity (Wildman–Crippen MR) is 93.7 cm³/mol. The third-order valence-corrected chi connectivity index (χ3v) is 4.77. The molecule has 0 spiro atoms. The standard InChI is InChI=1S/C18H19N5O3/c1-12-6-8-22(9-7-12)18(25)16-20-15(21-26-16)10-23-11-19-14-5-3-2-4-13(14)17(23)24/h2-5,11-12H,6-10H2,1H3. The number of hydrogen-bond acceptors (Lipinski definition) is 6. The largest absolute Gasteiger partial charge is 0.334 e. The van der Waals surface area contributed by atoms with Crippen molar-refractivity contribution >= 4 is 16.8 Å². The van der Waals surface area contributed by atoms with Crippen LogP contribution < -0.4 is 5.56 Å². The minimum absolute atomic E-state index is 0.0312. The van der Waals surface area contributed by atoms with E-state index < -0.39 is 0 Å². The molecule has 0 radical (unpaired) electrons. The Balaban J connectivity index is 1.53. The lowest BCUT2D eigenvalue weighted by molar-refractivity contribution is 0.0647. The van der Waals surface area contributed by atoms with Gasteiger partial charge in [0.1, 0.15) is 0 Å². The van der Waals surface area contributed by atoms with Crippen LogP contribution in [0.5, 0.6) is 0 Å². The quantitative estimate of drug-likeness (QED) is 0.711. The summed E-state index contributed by atoms with van der Waals surface area (Å²) in [6.45, 7) is 3.68. The Labute approximate surface area is 149 Å². The maximum absolute atomic E-state index is 12.5. The summed E-state index contributed by atoms with van der Waals surface area (Å²) in [5.74, 6) is 0.624. The fourth-order valence-electron chi connectivity index (χ4n) is 3.12. The van der Waals surface area contributed by atoms with E-state index in [9.17, 15) is 9.59 Å². The van der Waals surface area contributed by atoms with Gasteiger partial charge in [-0.25, -0.2) is 4.98 Å². The van der Waals surface area contributed by atoms with Gasteiger partial charge in [0.25, 0.3) is 5.56 Å². The van der Waals surface area contributed by atoms with E-state index in [-0.39, 0.29) is 29.7 Å². The maximum Gasteiger partial charge on any atom is 0.316 e. The van der Waals surface area contributed by atoms with Crippen LogP contribution in [0.25, 0.3) is 10.9 Å². The van der Waals surface area contributed by atoms with Crippen molar-refractivity contribution in [2.45, 2.75) is 26.3 Å². The molecule has 2 aromatic heterocycles. The number of piperidine rings is 1. The molecule has 1 aliphatic heterocycles. The highest BCUT2D eigenvalue weighted by molar-refractivity contribution is 5.89. The van der Waals surface area contributed by atoms with Crippen LogP contribution in [0.2, 0.25) is 0 Å². The molecule has 0 unspecified atom stereocenters. The van der Waals surface area contributed by atoms with Crippen LogP contribution in [0, 0.1) is 5.92 Å². The number of para-hydroxylation sites is 1. The van der Waals surface area contributed by atoms with E-state index in [1.165, 1.54) is 10.9 Å². The van der Waals surface area contributed by atoms with Crippen molar-refractivity contribution in [3.8, 4) is 0 Å². The molecule has 0 bridgehead atoms. The van der Waals surface area contributed by atoms with Gasteiger partial charge in [0.2, 0.25) is 0 Å². The van der Waals surface area contributed by atoms with E-state index in [2.05, 4.69) is 22.0 Å². The van der Waals surface area contributed by atoms with Crippen LogP contribution in [-0.2, 0) is 6.54 Å². The summed E-state index contributed by atoms with van der Waals surface area (Å²) < 4.78 is 6.52. The molecule has 0 N–H and O–H groups in total. The molecule has 0 atom stereocenters. The Bertz CT molecular complexity index is 1000. The molecule has 1 fully saturated rings. The van der Waals surface area contributed by atoms with Gasteiger partial charge in [0, 0.05) is 13.1 Å². The third-order valence-electron chi connectivity index (χ3n) is 4.77. The molecule has 1 aromatic carbocycles. The number of likely N-dealkylation sites (tertiary alicyclic amines) is 1. The molecule has 3 aromatic rings. The van der Waals surface area contributed by atoms with Crippen LogP contribution in [0.15, 0.2) is 39.9 Å². The fourth-order valence-corrected chi connectivity index (χ4v) is 3.12. The van der Waals surface area contributed by atoms with E-state index in [4.69, 9.17) is 4.52 Å². The molecule has 0 aliphatic carbocycles. The van der Waals surface area contributed by atoms with E-state index in [0.29, 0.717) is 29.9 Å². The topological polar surface area (TPSA) is 94.1 Å². The first-order chi connectivity index (χ1) is 12.6. The first-order valence-corrected chi connectivity index (χ1v) is 8.68. The average molecular weight is 353 g/mol. The maximum atomic E-state index is 12.5. The molecule has 1 amide bonds. The second-order valence-electron chi connectivity index (χ2n) is 6.69. The SMILES string of the molecule is CC1CCN(C(=O)c2nc(Cn3cnc4ccccc4c3=O)no2)CC1. The average Bonchev–Trinajstić information content (AvgIpc) is 3.13. The molecule has 134 valence electrons. The van der Waals surface area contributed by atoms with Crippen molar-refractivity contribution in [2.75, 3.05) is 13.1 Å². The van der Waals surface area contributed by atoms with Crippen molar-refractivity contribution < 1.29 is 9.32 Å². The summed E-state index contributed by atoms with van der Waals surface area (Å²) in [5.41, 5.74) is 0.454. The third kappa shape index (κ3) is 3.10. The van der Waals surface area contributed by atoms with Gasteiger partial charge in [0.05, 0.1) is 23.8 Å². The van der Waals surface area contributed by atoms with E-state index >= 15 is 0 Å². The monoisotopic (exact) mass is 353 g/mol. The van der Waals surface area contributed by atoms with Crippen LogP contribution in [0.1, 0.15) is 36.3 Å². The van der Waals surface area contributed by atoms with Crippen LogP contribution in [0.3, 0.4) is 0 Å². The molecule has 3 heterocycles. The van der Waals surface area contributed by atoms with E-state index in [0.717, 1.165) is 12.8 Å². The normalized spacial score (nSPS) is 15.5. The van der Waals surface area contributed by atoms with Crippen LogP contribution in [0.4, 0.5) is 0 Å². The molecule has 26 heavy (non-hydrogen) atoms. The highest BCUT2D eigenvalue weighted by Gasteiger charge is 2.25. The summed E-state index contributed by atoms with van der Waals surface area (Å²) in [4.78, 5) is 35.1. The summed E-state index contributed by atoms with van der Waals surface area (Å²) in [5, 5.41) is 4.37. The van der Waals surface area contributed by atoms with Gasteiger partial charge in [-0.15, -0.1) is 0 Å². The van der Waals surface area contributed by atoms with Crippen molar-refractivity contribution in [1.82, 2.24) is 24.6 Å². The smallest absolute Gasteiger partial charge is 0.316 e. The minimum Gasteiger partial charge on any atom is -0.334 e. The summed E-state index contributed by atoms with van der Waals surface area (Å²) in [7, 11) is 0. The highest BCUT2D eigenvalue weighted by Crippen LogP contribution is 2.17. The number of aromatic nitrogens is 4. The van der Waals surface area contributed by atoms with Gasteiger partial charge in [-0.1, -0.05) is 24.2 Å². The fraction of sp³-hybridized carbons (Fsp3) is 0.389. The number of carbonyl (C=O) groups is 1. The first kappa shape index (κ1) is 16.4. The van der Waals surface area contributed by atoms with Gasteiger partial charge >= 0.3 is 11.8 Å².